The number of piperidine rings is 1. The Morgan fingerprint density at radius 2 is 1.18 bits per heavy atom. The van der Waals surface area contributed by atoms with Crippen molar-refractivity contribution in [2.24, 2.45) is 5.92 Å². The Kier molecular flexibility index (Phi) is 19.7. The smallest absolute Gasteiger partial charge is 0.411 e. The number of nitrogens with one attached hydrogen (secondary N) is 4. The molecular formula is C51H67N13O6S2. The van der Waals surface area contributed by atoms with Gasteiger partial charge in [0.15, 0.2) is 10.3 Å². The third-order valence-electron chi connectivity index (χ3n) is 11.0. The number of anilines is 4. The highest BCUT2D eigenvalue weighted by Crippen LogP contribution is 2.32. The lowest BCUT2D eigenvalue weighted by Gasteiger charge is -2.39. The summed E-state index contributed by atoms with van der Waals surface area (Å²) in [6, 6.07) is 23.0. The van der Waals surface area contributed by atoms with Crippen molar-refractivity contribution in [3.63, 3.8) is 0 Å². The van der Waals surface area contributed by atoms with Gasteiger partial charge in [0.1, 0.15) is 48.1 Å². The van der Waals surface area contributed by atoms with E-state index in [1.54, 1.807) is 30.4 Å². The van der Waals surface area contributed by atoms with E-state index in [4.69, 9.17) is 14.2 Å². The molecule has 0 bridgehead atoms. The topological polar surface area (TPSA) is 214 Å². The molecule has 0 radical (unpaired) electrons. The van der Waals surface area contributed by atoms with Gasteiger partial charge in [-0.1, -0.05) is 90.8 Å². The number of rotatable bonds is 16. The van der Waals surface area contributed by atoms with Crippen molar-refractivity contribution >= 4 is 62.5 Å². The van der Waals surface area contributed by atoms with Crippen LogP contribution in [0.3, 0.4) is 0 Å². The number of hydrogen-bond donors (Lipinski definition) is 4. The van der Waals surface area contributed by atoms with Crippen molar-refractivity contribution in [1.29, 1.82) is 0 Å². The Morgan fingerprint density at radius 1 is 0.681 bits per heavy atom. The molecule has 72 heavy (non-hydrogen) atoms. The van der Waals surface area contributed by atoms with Gasteiger partial charge in [0, 0.05) is 50.7 Å². The number of carbonyl (C=O) groups excluding carboxylic acids is 3. The summed E-state index contributed by atoms with van der Waals surface area (Å²) in [5.74, 6) is 3.07. The summed E-state index contributed by atoms with van der Waals surface area (Å²) < 4.78 is 17.1. The Balaban J connectivity index is 0.000000236. The molecule has 0 unspecified atom stereocenters. The zero-order valence-corrected chi connectivity index (χ0v) is 42.9. The summed E-state index contributed by atoms with van der Waals surface area (Å²) in [6.45, 7) is 13.6. The van der Waals surface area contributed by atoms with Gasteiger partial charge in [-0.05, 0) is 79.2 Å². The molecule has 6 heterocycles. The van der Waals surface area contributed by atoms with Crippen LogP contribution >= 0.6 is 22.7 Å². The molecule has 21 heteroatoms. The SMILES string of the molecule is C.Cc1nc(Nc2ncc(-c3ccccc3)s2)cc(OCCNC(=O)[C@@H]2CN(C)CCN2C(=O)OC(C)(C)C)n1.Cc1nc(Nc2ncc(-c3ccccc3)s2)cc(OCCNC(=O)[C@H]2CCCN(C)C2)n1. The van der Waals surface area contributed by atoms with Crippen LogP contribution in [0.25, 0.3) is 20.9 Å². The minimum atomic E-state index is -0.644. The number of likely N-dealkylation sites (tertiary alicyclic amines) is 1. The number of aryl methyl sites for hydroxylation is 2. The fourth-order valence-corrected chi connectivity index (χ4v) is 9.35. The standard InChI is InChI=1S/C27H35N7O4S.C23H28N6O2S.CH4/c1-18-30-22(32-25-29-16-21(39-25)19-9-7-6-8-10-19)15-23(31-18)37-14-11-28-24(35)20-17-33(5)12-13-34(20)26(36)38-27(2,3)4;1-16-26-20(28-23-25-14-19(32-23)17-7-4-3-5-8-17)13-21(27-16)31-12-10-24-22(30)18-9-6-11-29(2)15-18;/h6-10,15-16,20H,11-14,17H2,1-5H3,(H,28,35)(H,29,30,31,32);3-5,7-8,13-14,18H,6,9-12,15H2,1-2H3,(H,24,30)(H,25,26,27,28);1H4/t20-;18-;/m00./s1. The highest BCUT2D eigenvalue weighted by Gasteiger charge is 2.36. The van der Waals surface area contributed by atoms with Gasteiger partial charge >= 0.3 is 6.09 Å². The predicted octanol–water partition coefficient (Wildman–Crippen LogP) is 7.82. The van der Waals surface area contributed by atoms with Crippen LogP contribution in [0.4, 0.5) is 26.7 Å². The maximum Gasteiger partial charge on any atom is 0.411 e. The molecule has 0 saturated carbocycles. The second kappa shape index (κ2) is 26.1. The summed E-state index contributed by atoms with van der Waals surface area (Å²) in [5.41, 5.74) is 1.59. The molecule has 0 spiro atoms. The molecule has 0 aliphatic carbocycles. The lowest BCUT2D eigenvalue weighted by Crippen LogP contribution is -2.60. The molecule has 4 aromatic heterocycles. The van der Waals surface area contributed by atoms with Crippen molar-refractivity contribution in [3.8, 4) is 32.6 Å². The molecular weight excluding hydrogens is 955 g/mol. The van der Waals surface area contributed by atoms with E-state index in [1.165, 1.54) is 16.2 Å². The number of ether oxygens (including phenoxy) is 3. The summed E-state index contributed by atoms with van der Waals surface area (Å²) in [7, 11) is 3.98. The third-order valence-corrected chi connectivity index (χ3v) is 13.0. The fourth-order valence-electron chi connectivity index (χ4n) is 7.70. The third kappa shape index (κ3) is 16.6. The number of piperazine rings is 1. The number of benzene rings is 2. The van der Waals surface area contributed by atoms with Crippen molar-refractivity contribution in [2.45, 2.75) is 66.5 Å². The Morgan fingerprint density at radius 3 is 1.68 bits per heavy atom. The number of nitrogens with zero attached hydrogens (tertiary/aromatic N) is 9. The van der Waals surface area contributed by atoms with E-state index >= 15 is 0 Å². The van der Waals surface area contributed by atoms with Crippen LogP contribution in [-0.2, 0) is 14.3 Å². The first-order valence-corrected chi connectivity index (χ1v) is 25.2. The van der Waals surface area contributed by atoms with Crippen LogP contribution in [0, 0.1) is 19.8 Å². The molecule has 2 fully saturated rings. The van der Waals surface area contributed by atoms with Crippen molar-refractivity contribution in [1.82, 2.24) is 55.2 Å². The summed E-state index contributed by atoms with van der Waals surface area (Å²) in [4.78, 5) is 72.2. The Hall–Kier alpha value is -6.81. The summed E-state index contributed by atoms with van der Waals surface area (Å²) in [5, 5.41) is 13.7. The molecule has 4 N–H and O–H groups in total. The van der Waals surface area contributed by atoms with Gasteiger partial charge in [0.05, 0.1) is 28.8 Å². The molecule has 6 aromatic rings. The lowest BCUT2D eigenvalue weighted by molar-refractivity contribution is -0.128. The van der Waals surface area contributed by atoms with E-state index in [1.807, 2.05) is 101 Å². The Bertz CT molecular complexity index is 2680. The maximum atomic E-state index is 13.0. The van der Waals surface area contributed by atoms with Crippen LogP contribution < -0.4 is 30.7 Å². The average molecular weight is 1020 g/mol. The molecule has 3 amide bonds. The molecule has 2 aliphatic heterocycles. The summed E-state index contributed by atoms with van der Waals surface area (Å²) >= 11 is 3.08. The average Bonchev–Trinajstić information content (AvgIpc) is 4.01. The van der Waals surface area contributed by atoms with Gasteiger partial charge in [-0.25, -0.2) is 24.7 Å². The number of carbonyl (C=O) groups is 3. The van der Waals surface area contributed by atoms with Crippen molar-refractivity contribution in [2.75, 3.05) is 83.8 Å². The molecule has 19 nitrogen and oxygen atoms in total. The molecule has 384 valence electrons. The molecule has 2 atom stereocenters. The normalized spacial score (nSPS) is 16.0. The zero-order chi connectivity index (χ0) is 50.3. The minimum Gasteiger partial charge on any atom is -0.476 e. The maximum absolute atomic E-state index is 13.0. The van der Waals surface area contributed by atoms with Gasteiger partial charge in [-0.2, -0.15) is 9.97 Å². The Labute approximate surface area is 430 Å². The van der Waals surface area contributed by atoms with Crippen LogP contribution in [0.5, 0.6) is 11.8 Å². The second-order valence-corrected chi connectivity index (χ2v) is 20.2. The first-order valence-electron chi connectivity index (χ1n) is 23.6. The quantitative estimate of drug-likeness (QED) is 0.0680. The fraction of sp³-hybridized carbons (Fsp3) is 0.431. The zero-order valence-electron chi connectivity index (χ0n) is 41.3. The van der Waals surface area contributed by atoms with Crippen LogP contribution in [-0.4, -0.2) is 147 Å². The minimum absolute atomic E-state index is 0. The van der Waals surface area contributed by atoms with Gasteiger partial charge in [0.2, 0.25) is 23.6 Å². The van der Waals surface area contributed by atoms with Crippen molar-refractivity contribution < 1.29 is 28.6 Å². The van der Waals surface area contributed by atoms with E-state index in [0.29, 0.717) is 73.0 Å². The van der Waals surface area contributed by atoms with E-state index in [9.17, 15) is 14.4 Å². The number of amides is 3. The van der Waals surface area contributed by atoms with Gasteiger partial charge < -0.3 is 45.3 Å². The van der Waals surface area contributed by atoms with Gasteiger partial charge in [-0.15, -0.1) is 0 Å². The van der Waals surface area contributed by atoms with E-state index in [0.717, 1.165) is 51.9 Å². The largest absolute Gasteiger partial charge is 0.476 e. The van der Waals surface area contributed by atoms with Crippen LogP contribution in [0.15, 0.2) is 85.2 Å². The molecule has 2 aliphatic rings. The lowest BCUT2D eigenvalue weighted by atomic mass is 9.98. The highest BCUT2D eigenvalue weighted by molar-refractivity contribution is 7.19. The monoisotopic (exact) mass is 1020 g/mol. The van der Waals surface area contributed by atoms with Crippen LogP contribution in [0.1, 0.15) is 52.7 Å². The first kappa shape index (κ1) is 54.5. The van der Waals surface area contributed by atoms with Crippen molar-refractivity contribution in [3.05, 3.63) is 96.8 Å². The second-order valence-electron chi connectivity index (χ2n) is 18.2. The van der Waals surface area contributed by atoms with Crippen LogP contribution in [0.2, 0.25) is 0 Å². The molecule has 8 rings (SSSR count). The van der Waals surface area contributed by atoms with Gasteiger partial charge in [-0.3, -0.25) is 14.5 Å². The summed E-state index contributed by atoms with van der Waals surface area (Å²) in [6.07, 6.45) is 5.19. The highest BCUT2D eigenvalue weighted by atomic mass is 32.1. The molecule has 2 saturated heterocycles. The number of aromatic nitrogens is 6. The first-order chi connectivity index (χ1) is 34.1. The predicted molar refractivity (Wildman–Crippen MR) is 283 cm³/mol. The number of hydrogen-bond acceptors (Lipinski definition) is 18. The van der Waals surface area contributed by atoms with E-state index < -0.39 is 17.7 Å². The molecule has 2 aromatic carbocycles. The van der Waals surface area contributed by atoms with E-state index in [-0.39, 0.29) is 38.3 Å². The van der Waals surface area contributed by atoms with E-state index in [2.05, 4.69) is 75.3 Å². The van der Waals surface area contributed by atoms with Gasteiger partial charge in [0.25, 0.3) is 0 Å². The number of thiazole rings is 2. The number of likely N-dealkylation sites (N-methyl/N-ethyl adjacent to an activating group) is 1.